The number of hydrogen-bond donors (Lipinski definition) is 0. The van der Waals surface area contributed by atoms with Gasteiger partial charge < -0.3 is 17.6 Å². The average molecular weight is 635 g/mol. The highest BCUT2D eigenvalue weighted by atomic mass is 19.2. The Labute approximate surface area is 281 Å². The van der Waals surface area contributed by atoms with E-state index in [2.05, 4.69) is 0 Å². The maximum Gasteiger partial charge on any atom is 0.737 e. The first-order chi connectivity index (χ1) is 23.1. The van der Waals surface area contributed by atoms with Gasteiger partial charge in [0.2, 0.25) is 0 Å². The van der Waals surface area contributed by atoms with Gasteiger partial charge in [-0.3, -0.25) is 0 Å². The van der Waals surface area contributed by atoms with Crippen LogP contribution < -0.4 is 0 Å². The first kappa shape index (κ1) is 32.4. The van der Waals surface area contributed by atoms with Gasteiger partial charge in [0, 0.05) is 29.3 Å². The first-order valence-electron chi connectivity index (χ1n) is 16.4. The number of nitrogens with zero attached hydrogens (tertiary/aromatic N) is 4. The monoisotopic (exact) mass is 634 g/mol. The lowest BCUT2D eigenvalue weighted by atomic mass is 9.83. The number of aromatic nitrogens is 1. The Hall–Kier alpha value is -5.53. The molecular formula is C41H37BF2N4. The molecule has 0 atom stereocenters. The molecule has 0 radical (unpaired) electrons. The van der Waals surface area contributed by atoms with Crippen LogP contribution in [0.1, 0.15) is 67.8 Å². The zero-order chi connectivity index (χ0) is 34.3. The van der Waals surface area contributed by atoms with Crippen molar-refractivity contribution in [1.29, 1.82) is 10.5 Å². The molecule has 2 aromatic carbocycles. The smallest absolute Gasteiger partial charge is 0.393 e. The summed E-state index contributed by atoms with van der Waals surface area (Å²) in [6, 6.07) is 20.0. The van der Waals surface area contributed by atoms with Crippen LogP contribution in [0.4, 0.5) is 8.63 Å². The molecule has 2 aliphatic heterocycles. The maximum absolute atomic E-state index is 16.6. The number of halogens is 2. The van der Waals surface area contributed by atoms with E-state index in [-0.39, 0.29) is 5.57 Å². The Bertz CT molecular complexity index is 2160. The minimum Gasteiger partial charge on any atom is -0.393 e. The van der Waals surface area contributed by atoms with Crippen LogP contribution in [0.5, 0.6) is 0 Å². The maximum atomic E-state index is 16.6. The quantitative estimate of drug-likeness (QED) is 0.200. The molecule has 0 saturated carbocycles. The molecule has 1 aromatic heterocycles. The van der Waals surface area contributed by atoms with E-state index in [1.165, 1.54) is 8.96 Å². The van der Waals surface area contributed by atoms with E-state index in [1.54, 1.807) is 0 Å². The second-order valence-electron chi connectivity index (χ2n) is 12.4. The van der Waals surface area contributed by atoms with Crippen molar-refractivity contribution < 1.29 is 13.1 Å². The Morgan fingerprint density at radius 1 is 0.812 bits per heavy atom. The lowest BCUT2D eigenvalue weighted by Gasteiger charge is -2.34. The van der Waals surface area contributed by atoms with Crippen LogP contribution in [0, 0.1) is 36.5 Å². The number of nitriles is 2. The van der Waals surface area contributed by atoms with Gasteiger partial charge in [0.05, 0.1) is 5.57 Å². The van der Waals surface area contributed by atoms with Crippen LogP contribution in [0.25, 0.3) is 22.3 Å². The van der Waals surface area contributed by atoms with E-state index in [0.717, 1.165) is 55.7 Å². The summed E-state index contributed by atoms with van der Waals surface area (Å²) in [5, 5.41) is 19.4. The van der Waals surface area contributed by atoms with Crippen LogP contribution in [-0.4, -0.2) is 21.6 Å². The largest absolute Gasteiger partial charge is 0.737 e. The van der Waals surface area contributed by atoms with Crippen LogP contribution in [-0.2, 0) is 6.42 Å². The van der Waals surface area contributed by atoms with Crippen LogP contribution in [0.15, 0.2) is 119 Å². The Kier molecular flexibility index (Phi) is 8.50. The molecule has 7 heteroatoms. The molecule has 0 amide bonds. The molecule has 3 heterocycles. The molecule has 0 spiro atoms. The average Bonchev–Trinajstić information content (AvgIpc) is 3.33. The van der Waals surface area contributed by atoms with Crippen molar-refractivity contribution in [3.05, 3.63) is 153 Å². The summed E-state index contributed by atoms with van der Waals surface area (Å²) in [4.78, 5) is 0. The van der Waals surface area contributed by atoms with Gasteiger partial charge in [0.25, 0.3) is 0 Å². The number of rotatable bonds is 6. The molecule has 0 fully saturated rings. The minimum absolute atomic E-state index is 0.0399. The van der Waals surface area contributed by atoms with Crippen molar-refractivity contribution in [2.24, 2.45) is 0 Å². The second-order valence-corrected chi connectivity index (χ2v) is 12.4. The van der Waals surface area contributed by atoms with Gasteiger partial charge in [-0.25, -0.2) is 0 Å². The normalized spacial score (nSPS) is 16.1. The van der Waals surface area contributed by atoms with E-state index in [9.17, 15) is 10.5 Å². The second kappa shape index (κ2) is 12.6. The fraction of sp³-hybridized carbons (Fsp3) is 0.195. The van der Waals surface area contributed by atoms with Crippen molar-refractivity contribution in [1.82, 2.24) is 4.48 Å². The van der Waals surface area contributed by atoms with Crippen LogP contribution in [0.2, 0.25) is 0 Å². The van der Waals surface area contributed by atoms with Crippen LogP contribution >= 0.6 is 0 Å². The van der Waals surface area contributed by atoms with Gasteiger partial charge in [0.15, 0.2) is 5.70 Å². The van der Waals surface area contributed by atoms with E-state index >= 15 is 8.63 Å². The third-order valence-corrected chi connectivity index (χ3v) is 9.91. The zero-order valence-corrected chi connectivity index (χ0v) is 28.2. The summed E-state index contributed by atoms with van der Waals surface area (Å²) in [5.74, 6) is 0. The molecular weight excluding hydrogens is 597 g/mol. The minimum atomic E-state index is -4.08. The summed E-state index contributed by atoms with van der Waals surface area (Å²) in [5.41, 5.74) is 12.1. The predicted octanol–water partition coefficient (Wildman–Crippen LogP) is 9.95. The third-order valence-electron chi connectivity index (χ3n) is 9.91. The molecule has 0 bridgehead atoms. The standard InChI is InChI=1S/C41H37BF2N4/c1-7-36-26(3)40-39(41-27(4)37(8-2)29(6)48(41)42(43,44)47(40)28(36)5)34-21-17-32(18-22-34)31-15-19-33(20-16-31)38(35(24-45)25-46)23-30-13-11-9-10-12-14-30/h9-23H,7-8H2,1-6H3. The van der Waals surface area contributed by atoms with E-state index in [1.807, 2.05) is 145 Å². The molecule has 1 aliphatic carbocycles. The van der Waals surface area contributed by atoms with Crippen molar-refractivity contribution in [2.45, 2.75) is 54.4 Å². The fourth-order valence-corrected chi connectivity index (χ4v) is 7.65. The molecule has 3 aliphatic rings. The number of hydrogen-bond acceptors (Lipinski definition) is 2. The lowest BCUT2D eigenvalue weighted by Crippen LogP contribution is -2.51. The predicted molar refractivity (Wildman–Crippen MR) is 192 cm³/mol. The highest BCUT2D eigenvalue weighted by Gasteiger charge is 2.56. The lowest BCUT2D eigenvalue weighted by molar-refractivity contribution is -0.363. The summed E-state index contributed by atoms with van der Waals surface area (Å²) < 4.78 is 35.8. The highest BCUT2D eigenvalue weighted by molar-refractivity contribution is 6.58. The Balaban J connectivity index is 1.45. The van der Waals surface area contributed by atoms with Crippen LogP contribution in [0.3, 0.4) is 0 Å². The number of fused-ring (bicyclic) bond motifs is 2. The first-order valence-corrected chi connectivity index (χ1v) is 16.4. The SMILES string of the molecule is CCC1=C(C)C2=C(c3ccc(-c4ccc(C(C=C5C=CC=CC=C5)=C(C#N)C#N)cc4)cc3)c3c(C)c(CC)c(C)n3[B-](F)(F)[N+]2=C1C. The number of benzene rings is 2. The van der Waals surface area contributed by atoms with Crippen molar-refractivity contribution in [3.63, 3.8) is 0 Å². The molecule has 238 valence electrons. The molecule has 0 N–H and O–H groups in total. The van der Waals surface area contributed by atoms with Gasteiger partial charge in [-0.1, -0.05) is 98.8 Å². The fourth-order valence-electron chi connectivity index (χ4n) is 7.65. The van der Waals surface area contributed by atoms with Gasteiger partial charge in [0.1, 0.15) is 23.4 Å². The van der Waals surface area contributed by atoms with Gasteiger partial charge in [-0.15, -0.1) is 0 Å². The van der Waals surface area contributed by atoms with Gasteiger partial charge >= 0.3 is 6.97 Å². The molecule has 0 unspecified atom stereocenters. The van der Waals surface area contributed by atoms with Crippen molar-refractivity contribution in [2.75, 3.05) is 0 Å². The molecule has 6 rings (SSSR count). The topological polar surface area (TPSA) is 55.5 Å². The summed E-state index contributed by atoms with van der Waals surface area (Å²) in [6.07, 6.45) is 14.7. The Morgan fingerprint density at radius 2 is 1.38 bits per heavy atom. The van der Waals surface area contributed by atoms with Crippen molar-refractivity contribution >= 4 is 23.8 Å². The van der Waals surface area contributed by atoms with E-state index < -0.39 is 6.97 Å². The van der Waals surface area contributed by atoms with E-state index in [0.29, 0.717) is 41.2 Å². The van der Waals surface area contributed by atoms with E-state index in [4.69, 9.17) is 0 Å². The Morgan fingerprint density at radius 3 is 1.92 bits per heavy atom. The summed E-state index contributed by atoms with van der Waals surface area (Å²) in [7, 11) is 0. The third kappa shape index (κ3) is 5.08. The molecule has 48 heavy (non-hydrogen) atoms. The number of allylic oxidation sites excluding steroid dienone is 12. The highest BCUT2D eigenvalue weighted by Crippen LogP contribution is 2.47. The summed E-state index contributed by atoms with van der Waals surface area (Å²) in [6.45, 7) is 7.57. The van der Waals surface area contributed by atoms with Gasteiger partial charge in [-0.05, 0) is 84.3 Å². The molecule has 0 saturated heterocycles. The molecule has 3 aromatic rings. The molecule has 4 nitrogen and oxygen atoms in total. The summed E-state index contributed by atoms with van der Waals surface area (Å²) >= 11 is 0. The van der Waals surface area contributed by atoms with Crippen molar-refractivity contribution in [3.8, 4) is 23.3 Å². The zero-order valence-electron chi connectivity index (χ0n) is 28.2. The van der Waals surface area contributed by atoms with Gasteiger partial charge in [-0.2, -0.15) is 10.5 Å².